The number of rotatable bonds is 8. The fraction of sp³-hybridized carbons (Fsp3) is 0.429. The van der Waals surface area contributed by atoms with E-state index < -0.39 is 11.9 Å². The smallest absolute Gasteiger partial charge is 0.310 e. The quantitative estimate of drug-likeness (QED) is 0.754. The van der Waals surface area contributed by atoms with Crippen LogP contribution in [0.15, 0.2) is 42.7 Å². The molecule has 132 valence electrons. The molecular weight excluding hydrogens is 314 g/mol. The normalized spacial score (nSPS) is 15.2. The Bertz CT molecular complexity index is 723. The molecule has 0 bridgehead atoms. The van der Waals surface area contributed by atoms with Crippen molar-refractivity contribution < 1.29 is 14.6 Å². The van der Waals surface area contributed by atoms with E-state index in [0.717, 1.165) is 29.0 Å². The summed E-state index contributed by atoms with van der Waals surface area (Å²) in [5, 5.41) is 9.65. The number of ether oxygens (including phenoxy) is 1. The summed E-state index contributed by atoms with van der Waals surface area (Å²) in [6, 6.07) is 9.65. The Kier molecular flexibility index (Phi) is 5.37. The number of nitrogens with zero attached hydrogens (tertiary/aromatic N) is 1. The van der Waals surface area contributed by atoms with Crippen molar-refractivity contribution in [3.05, 3.63) is 48.3 Å². The first-order chi connectivity index (χ1) is 12.0. The van der Waals surface area contributed by atoms with Gasteiger partial charge in [0.15, 0.2) is 0 Å². The fourth-order valence-corrected chi connectivity index (χ4v) is 2.99. The number of aliphatic carboxylic acids is 1. The minimum absolute atomic E-state index is 0.316. The second kappa shape index (κ2) is 7.68. The largest absolute Gasteiger partial charge is 0.493 e. The van der Waals surface area contributed by atoms with E-state index in [2.05, 4.69) is 4.98 Å². The standard InChI is InChI=1S/C21H25NO3/c1-14(2)11-19(21(23)24)17-5-6-20(25-13-15-3-4-15)18(12-17)16-7-9-22-10-8-16/h5-10,12,14-15,19H,3-4,11,13H2,1-2H3,(H,23,24). The van der Waals surface area contributed by atoms with Crippen LogP contribution in [0.3, 0.4) is 0 Å². The number of benzene rings is 1. The van der Waals surface area contributed by atoms with Gasteiger partial charge in [0.25, 0.3) is 0 Å². The average Bonchev–Trinajstić information content (AvgIpc) is 3.42. The van der Waals surface area contributed by atoms with Crippen molar-refractivity contribution in [3.8, 4) is 16.9 Å². The van der Waals surface area contributed by atoms with E-state index in [1.165, 1.54) is 12.8 Å². The van der Waals surface area contributed by atoms with Crippen molar-refractivity contribution in [2.45, 2.75) is 39.0 Å². The van der Waals surface area contributed by atoms with Gasteiger partial charge in [-0.2, -0.15) is 0 Å². The second-order valence-corrected chi connectivity index (χ2v) is 7.27. The molecule has 1 saturated carbocycles. The summed E-state index contributed by atoms with van der Waals surface area (Å²) in [6.45, 7) is 4.82. The summed E-state index contributed by atoms with van der Waals surface area (Å²) in [4.78, 5) is 15.8. The van der Waals surface area contributed by atoms with Gasteiger partial charge in [-0.25, -0.2) is 0 Å². The third-order valence-corrected chi connectivity index (χ3v) is 4.57. The summed E-state index contributed by atoms with van der Waals surface area (Å²) in [6.07, 6.45) is 6.58. The summed E-state index contributed by atoms with van der Waals surface area (Å²) >= 11 is 0. The van der Waals surface area contributed by atoms with Gasteiger partial charge in [-0.15, -0.1) is 0 Å². The highest BCUT2D eigenvalue weighted by Gasteiger charge is 2.24. The lowest BCUT2D eigenvalue weighted by Crippen LogP contribution is -2.14. The number of hydrogen-bond donors (Lipinski definition) is 1. The monoisotopic (exact) mass is 339 g/mol. The Morgan fingerprint density at radius 1 is 1.24 bits per heavy atom. The van der Waals surface area contributed by atoms with Crippen molar-refractivity contribution in [1.29, 1.82) is 0 Å². The highest BCUT2D eigenvalue weighted by molar-refractivity contribution is 5.78. The van der Waals surface area contributed by atoms with Crippen molar-refractivity contribution in [3.63, 3.8) is 0 Å². The van der Waals surface area contributed by atoms with E-state index >= 15 is 0 Å². The molecule has 1 fully saturated rings. The van der Waals surface area contributed by atoms with Gasteiger partial charge in [-0.05, 0) is 66.5 Å². The van der Waals surface area contributed by atoms with Crippen LogP contribution in [-0.4, -0.2) is 22.7 Å². The zero-order valence-electron chi connectivity index (χ0n) is 14.8. The predicted molar refractivity (Wildman–Crippen MR) is 97.7 cm³/mol. The summed E-state index contributed by atoms with van der Waals surface area (Å²) in [5.74, 6) is 0.517. The third-order valence-electron chi connectivity index (χ3n) is 4.57. The maximum absolute atomic E-state index is 11.8. The molecule has 1 aromatic heterocycles. The first-order valence-corrected chi connectivity index (χ1v) is 8.94. The number of pyridine rings is 1. The molecule has 0 aliphatic heterocycles. The molecule has 1 unspecified atom stereocenters. The van der Waals surface area contributed by atoms with Crippen molar-refractivity contribution >= 4 is 5.97 Å². The Morgan fingerprint density at radius 3 is 2.56 bits per heavy atom. The van der Waals surface area contributed by atoms with Gasteiger partial charge in [0.1, 0.15) is 5.75 Å². The van der Waals surface area contributed by atoms with Crippen molar-refractivity contribution in [2.24, 2.45) is 11.8 Å². The Hall–Kier alpha value is -2.36. The third kappa shape index (κ3) is 4.59. The molecule has 1 atom stereocenters. The van der Waals surface area contributed by atoms with E-state index in [-0.39, 0.29) is 0 Å². The van der Waals surface area contributed by atoms with Crippen LogP contribution in [-0.2, 0) is 4.79 Å². The molecule has 3 rings (SSSR count). The Labute approximate surface area is 148 Å². The molecule has 1 aliphatic rings. The average molecular weight is 339 g/mol. The molecule has 1 heterocycles. The van der Waals surface area contributed by atoms with Crippen LogP contribution in [0.5, 0.6) is 5.75 Å². The molecule has 0 spiro atoms. The molecule has 0 radical (unpaired) electrons. The second-order valence-electron chi connectivity index (χ2n) is 7.27. The molecule has 1 aromatic carbocycles. The fourth-order valence-electron chi connectivity index (χ4n) is 2.99. The number of aromatic nitrogens is 1. The van der Waals surface area contributed by atoms with Crippen molar-refractivity contribution in [1.82, 2.24) is 4.98 Å². The van der Waals surface area contributed by atoms with Crippen LogP contribution in [0.2, 0.25) is 0 Å². The van der Waals surface area contributed by atoms with Gasteiger partial charge >= 0.3 is 5.97 Å². The molecule has 25 heavy (non-hydrogen) atoms. The Morgan fingerprint density at radius 2 is 1.96 bits per heavy atom. The predicted octanol–water partition coefficient (Wildman–Crippen LogP) is 4.75. The molecular formula is C21H25NO3. The van der Waals surface area contributed by atoms with E-state index in [9.17, 15) is 9.90 Å². The molecule has 4 heteroatoms. The highest BCUT2D eigenvalue weighted by atomic mass is 16.5. The van der Waals surface area contributed by atoms with Crippen LogP contribution in [0.1, 0.15) is 44.6 Å². The van der Waals surface area contributed by atoms with Crippen LogP contribution in [0.4, 0.5) is 0 Å². The number of carboxylic acids is 1. The van der Waals surface area contributed by atoms with Crippen molar-refractivity contribution in [2.75, 3.05) is 6.61 Å². The molecule has 0 amide bonds. The van der Waals surface area contributed by atoms with Crippen LogP contribution >= 0.6 is 0 Å². The minimum Gasteiger partial charge on any atom is -0.493 e. The lowest BCUT2D eigenvalue weighted by Gasteiger charge is -2.18. The number of carboxylic acid groups (broad SMARTS) is 1. The summed E-state index contributed by atoms with van der Waals surface area (Å²) in [7, 11) is 0. The summed E-state index contributed by atoms with van der Waals surface area (Å²) < 4.78 is 6.02. The lowest BCUT2D eigenvalue weighted by atomic mass is 9.88. The SMILES string of the molecule is CC(C)CC(C(=O)O)c1ccc(OCC2CC2)c(-c2ccncc2)c1. The maximum Gasteiger partial charge on any atom is 0.310 e. The maximum atomic E-state index is 11.8. The van der Waals surface area contributed by atoms with Gasteiger partial charge < -0.3 is 9.84 Å². The number of hydrogen-bond acceptors (Lipinski definition) is 3. The van der Waals surface area contributed by atoms with Gasteiger partial charge in [-0.1, -0.05) is 19.9 Å². The molecule has 0 saturated heterocycles. The molecule has 2 aromatic rings. The van der Waals surface area contributed by atoms with E-state index in [1.54, 1.807) is 12.4 Å². The van der Waals surface area contributed by atoms with Crippen LogP contribution in [0.25, 0.3) is 11.1 Å². The van der Waals surface area contributed by atoms with Gasteiger partial charge in [0, 0.05) is 18.0 Å². The van der Waals surface area contributed by atoms with E-state index in [0.29, 0.717) is 18.3 Å². The first-order valence-electron chi connectivity index (χ1n) is 8.94. The van der Waals surface area contributed by atoms with Crippen LogP contribution in [0, 0.1) is 11.8 Å². The Balaban J connectivity index is 1.96. The lowest BCUT2D eigenvalue weighted by molar-refractivity contribution is -0.139. The van der Waals surface area contributed by atoms with Gasteiger partial charge in [-0.3, -0.25) is 9.78 Å². The zero-order valence-corrected chi connectivity index (χ0v) is 14.8. The minimum atomic E-state index is -0.777. The topological polar surface area (TPSA) is 59.4 Å². The zero-order chi connectivity index (χ0) is 17.8. The summed E-state index contributed by atoms with van der Waals surface area (Å²) in [5.41, 5.74) is 2.76. The highest BCUT2D eigenvalue weighted by Crippen LogP contribution is 2.36. The van der Waals surface area contributed by atoms with Crippen LogP contribution < -0.4 is 4.74 Å². The van der Waals surface area contributed by atoms with E-state index in [1.807, 2.05) is 44.2 Å². The van der Waals surface area contributed by atoms with E-state index in [4.69, 9.17) is 4.74 Å². The first kappa shape index (κ1) is 17.5. The molecule has 1 N–H and O–H groups in total. The van der Waals surface area contributed by atoms with Gasteiger partial charge in [0.05, 0.1) is 12.5 Å². The molecule has 1 aliphatic carbocycles. The molecule has 4 nitrogen and oxygen atoms in total. The number of carbonyl (C=O) groups is 1. The van der Waals surface area contributed by atoms with Gasteiger partial charge in [0.2, 0.25) is 0 Å².